The number of rotatable bonds is 5. The molecule has 1 N–H and O–H groups in total. The molecule has 7 heteroatoms. The predicted octanol–water partition coefficient (Wildman–Crippen LogP) is 2.28. The van der Waals surface area contributed by atoms with Crippen molar-refractivity contribution in [3.05, 3.63) is 47.5 Å². The van der Waals surface area contributed by atoms with E-state index in [4.69, 9.17) is 11.6 Å². The van der Waals surface area contributed by atoms with Gasteiger partial charge in [-0.1, -0.05) is 6.07 Å². The largest absolute Gasteiger partial charge is 0.363 e. The second kappa shape index (κ2) is 5.95. The zero-order valence-corrected chi connectivity index (χ0v) is 12.9. The van der Waals surface area contributed by atoms with Crippen LogP contribution in [0, 0.1) is 6.92 Å². The first kappa shape index (κ1) is 15.0. The molecule has 5 nitrogen and oxygen atoms in total. The van der Waals surface area contributed by atoms with E-state index in [1.54, 1.807) is 12.1 Å². The van der Waals surface area contributed by atoms with Crippen molar-refractivity contribution in [2.75, 3.05) is 7.05 Å². The van der Waals surface area contributed by atoms with E-state index in [-0.39, 0.29) is 17.3 Å². The van der Waals surface area contributed by atoms with E-state index in [0.717, 1.165) is 5.69 Å². The zero-order chi connectivity index (χ0) is 14.8. The molecule has 0 bridgehead atoms. The van der Waals surface area contributed by atoms with E-state index in [1.807, 2.05) is 19.1 Å². The number of nitrogens with zero attached hydrogens (tertiary/aromatic N) is 2. The minimum Gasteiger partial charge on any atom is -0.363 e. The Hall–Kier alpha value is -1.37. The number of hydrogen-bond donors (Lipinski definition) is 1. The molecule has 0 aromatic carbocycles. The summed E-state index contributed by atoms with van der Waals surface area (Å²) in [4.78, 5) is 7.35. The van der Waals surface area contributed by atoms with Gasteiger partial charge in [0, 0.05) is 24.6 Å². The van der Waals surface area contributed by atoms with Crippen molar-refractivity contribution >= 4 is 21.6 Å². The maximum absolute atomic E-state index is 12.4. The van der Waals surface area contributed by atoms with Gasteiger partial charge in [-0.3, -0.25) is 4.98 Å². The van der Waals surface area contributed by atoms with Crippen LogP contribution < -0.4 is 0 Å². The number of H-pyrrole nitrogens is 1. The topological polar surface area (TPSA) is 66.1 Å². The second-order valence-electron chi connectivity index (χ2n) is 4.53. The maximum Gasteiger partial charge on any atom is 0.244 e. The van der Waals surface area contributed by atoms with Crippen molar-refractivity contribution in [2.45, 2.75) is 24.2 Å². The first-order valence-electron chi connectivity index (χ1n) is 6.05. The van der Waals surface area contributed by atoms with Gasteiger partial charge in [0.2, 0.25) is 10.0 Å². The number of pyridine rings is 1. The van der Waals surface area contributed by atoms with E-state index in [9.17, 15) is 8.42 Å². The summed E-state index contributed by atoms with van der Waals surface area (Å²) in [6, 6.07) is 7.08. The first-order chi connectivity index (χ1) is 9.43. The van der Waals surface area contributed by atoms with E-state index in [1.165, 1.54) is 17.5 Å². The summed E-state index contributed by atoms with van der Waals surface area (Å²) in [6.45, 7) is 2.10. The lowest BCUT2D eigenvalue weighted by molar-refractivity contribution is 0.462. The number of hydrogen-bond acceptors (Lipinski definition) is 3. The van der Waals surface area contributed by atoms with Crippen molar-refractivity contribution in [3.8, 4) is 0 Å². The highest BCUT2D eigenvalue weighted by molar-refractivity contribution is 7.89. The van der Waals surface area contributed by atoms with Crippen LogP contribution in [0.5, 0.6) is 0 Å². The molecule has 2 rings (SSSR count). The Labute approximate surface area is 123 Å². The molecule has 0 fully saturated rings. The van der Waals surface area contributed by atoms with Crippen LogP contribution in [-0.2, 0) is 22.4 Å². The molecule has 0 saturated carbocycles. The Balaban J connectivity index is 2.21. The van der Waals surface area contributed by atoms with Gasteiger partial charge in [-0.25, -0.2) is 8.42 Å². The molecule has 108 valence electrons. The molecule has 2 aromatic heterocycles. The minimum atomic E-state index is -3.54. The van der Waals surface area contributed by atoms with Crippen molar-refractivity contribution in [1.82, 2.24) is 14.3 Å². The van der Waals surface area contributed by atoms with Gasteiger partial charge in [-0.15, -0.1) is 11.6 Å². The van der Waals surface area contributed by atoms with Crippen LogP contribution in [0.2, 0.25) is 0 Å². The van der Waals surface area contributed by atoms with E-state index < -0.39 is 10.0 Å². The molecule has 0 radical (unpaired) electrons. The molecule has 2 heterocycles. The normalized spacial score (nSPS) is 12.0. The second-order valence-corrected chi connectivity index (χ2v) is 6.84. The summed E-state index contributed by atoms with van der Waals surface area (Å²) in [6.07, 6.45) is 1.45. The summed E-state index contributed by atoms with van der Waals surface area (Å²) in [5.74, 6) is 0.249. The first-order valence-corrected chi connectivity index (χ1v) is 8.03. The van der Waals surface area contributed by atoms with Gasteiger partial charge in [-0.2, -0.15) is 4.31 Å². The molecule has 0 saturated heterocycles. The van der Waals surface area contributed by atoms with Crippen LogP contribution in [0.1, 0.15) is 17.1 Å². The molecule has 0 unspecified atom stereocenters. The quantitative estimate of drug-likeness (QED) is 0.861. The van der Waals surface area contributed by atoms with Crippen LogP contribution in [0.4, 0.5) is 0 Å². The number of nitrogens with one attached hydrogen (secondary N) is 1. The highest BCUT2D eigenvalue weighted by Gasteiger charge is 2.22. The van der Waals surface area contributed by atoms with Gasteiger partial charge in [0.15, 0.2) is 0 Å². The molecule has 0 aliphatic carbocycles. The fourth-order valence-electron chi connectivity index (χ4n) is 1.83. The highest BCUT2D eigenvalue weighted by atomic mass is 35.5. The smallest absolute Gasteiger partial charge is 0.244 e. The van der Waals surface area contributed by atoms with Crippen LogP contribution in [0.3, 0.4) is 0 Å². The van der Waals surface area contributed by atoms with E-state index in [2.05, 4.69) is 9.97 Å². The van der Waals surface area contributed by atoms with Gasteiger partial charge in [0.1, 0.15) is 0 Å². The number of halogens is 1. The molecule has 0 aliphatic heterocycles. The third-order valence-corrected chi connectivity index (χ3v) is 4.97. The van der Waals surface area contributed by atoms with Crippen LogP contribution in [0.15, 0.2) is 35.4 Å². The summed E-state index contributed by atoms with van der Waals surface area (Å²) >= 11 is 5.67. The average Bonchev–Trinajstić information content (AvgIpc) is 2.88. The number of sulfonamides is 1. The van der Waals surface area contributed by atoms with Crippen LogP contribution in [0.25, 0.3) is 0 Å². The Morgan fingerprint density at radius 3 is 2.75 bits per heavy atom. The van der Waals surface area contributed by atoms with Crippen molar-refractivity contribution in [2.24, 2.45) is 0 Å². The zero-order valence-electron chi connectivity index (χ0n) is 11.3. The predicted molar refractivity (Wildman–Crippen MR) is 78.0 cm³/mol. The van der Waals surface area contributed by atoms with Gasteiger partial charge in [0.05, 0.1) is 23.0 Å². The molecule has 2 aromatic rings. The SMILES string of the molecule is Cc1cccc(CN(C)S(=O)(=O)c2c[nH]c(CCl)c2)n1. The van der Waals surface area contributed by atoms with Crippen molar-refractivity contribution in [3.63, 3.8) is 0 Å². The van der Waals surface area contributed by atoms with Gasteiger partial charge < -0.3 is 4.98 Å². The third kappa shape index (κ3) is 3.20. The lowest BCUT2D eigenvalue weighted by Gasteiger charge is -2.15. The molecule has 0 spiro atoms. The molecule has 0 amide bonds. The molecular weight excluding hydrogens is 298 g/mol. The standard InChI is InChI=1S/C13H16ClN3O2S/c1-10-4-3-5-11(16-10)9-17(2)20(18,19)13-6-12(7-14)15-8-13/h3-6,8,15H,7,9H2,1-2H3. The minimum absolute atomic E-state index is 0.211. The number of alkyl halides is 1. The fraction of sp³-hybridized carbons (Fsp3) is 0.308. The Bertz CT molecular complexity index is 697. The summed E-state index contributed by atoms with van der Waals surface area (Å²) in [5, 5.41) is 0. The molecule has 20 heavy (non-hydrogen) atoms. The van der Waals surface area contributed by atoms with Gasteiger partial charge in [-0.05, 0) is 25.1 Å². The molecule has 0 aliphatic rings. The lowest BCUT2D eigenvalue weighted by Crippen LogP contribution is -2.26. The number of aromatic nitrogens is 2. The number of aryl methyl sites for hydroxylation is 1. The van der Waals surface area contributed by atoms with Gasteiger partial charge >= 0.3 is 0 Å². The Morgan fingerprint density at radius 1 is 1.40 bits per heavy atom. The molecule has 0 atom stereocenters. The Morgan fingerprint density at radius 2 is 2.15 bits per heavy atom. The summed E-state index contributed by atoms with van der Waals surface area (Å²) in [7, 11) is -2.00. The van der Waals surface area contributed by atoms with E-state index in [0.29, 0.717) is 11.4 Å². The fourth-order valence-corrected chi connectivity index (χ4v) is 3.14. The summed E-state index contributed by atoms with van der Waals surface area (Å²) in [5.41, 5.74) is 2.25. The van der Waals surface area contributed by atoms with Crippen molar-refractivity contribution < 1.29 is 8.42 Å². The van der Waals surface area contributed by atoms with Gasteiger partial charge in [0.25, 0.3) is 0 Å². The third-order valence-electron chi connectivity index (χ3n) is 2.90. The van der Waals surface area contributed by atoms with E-state index >= 15 is 0 Å². The van der Waals surface area contributed by atoms with Crippen LogP contribution in [-0.4, -0.2) is 29.7 Å². The van der Waals surface area contributed by atoms with Crippen LogP contribution >= 0.6 is 11.6 Å². The average molecular weight is 314 g/mol. The monoisotopic (exact) mass is 313 g/mol. The Kier molecular flexibility index (Phi) is 4.47. The summed E-state index contributed by atoms with van der Waals surface area (Å²) < 4.78 is 26.0. The lowest BCUT2D eigenvalue weighted by atomic mass is 10.3. The number of aromatic amines is 1. The highest BCUT2D eigenvalue weighted by Crippen LogP contribution is 2.18. The van der Waals surface area contributed by atoms with Crippen molar-refractivity contribution in [1.29, 1.82) is 0 Å². The molecular formula is C13H16ClN3O2S. The maximum atomic E-state index is 12.4.